The monoisotopic (exact) mass is 289 g/mol. The Hall–Kier alpha value is -1.40. The Morgan fingerprint density at radius 1 is 1.30 bits per heavy atom. The average molecular weight is 289 g/mol. The molecule has 20 heavy (non-hydrogen) atoms. The Morgan fingerprint density at radius 2 is 2.20 bits per heavy atom. The molecule has 0 bridgehead atoms. The highest BCUT2D eigenvalue weighted by Crippen LogP contribution is 2.30. The third kappa shape index (κ3) is 2.58. The summed E-state index contributed by atoms with van der Waals surface area (Å²) in [7, 11) is 0. The molecule has 0 atom stereocenters. The maximum Gasteiger partial charge on any atom is 0.197 e. The van der Waals surface area contributed by atoms with Gasteiger partial charge in [0.15, 0.2) is 5.16 Å². The van der Waals surface area contributed by atoms with Crippen LogP contribution in [-0.2, 0) is 19.5 Å². The summed E-state index contributed by atoms with van der Waals surface area (Å²) in [5.74, 6) is 1.10. The van der Waals surface area contributed by atoms with Crippen molar-refractivity contribution in [3.63, 3.8) is 0 Å². The van der Waals surface area contributed by atoms with Crippen LogP contribution in [-0.4, -0.2) is 19.7 Å². The first kappa shape index (κ1) is 13.6. The van der Waals surface area contributed by atoms with E-state index in [0.29, 0.717) is 6.54 Å². The molecule has 0 aromatic carbocycles. The maximum atomic E-state index is 5.85. The fraction of sp³-hybridized carbons (Fsp3) is 0.500. The van der Waals surface area contributed by atoms with E-state index in [9.17, 15) is 0 Å². The highest BCUT2D eigenvalue weighted by molar-refractivity contribution is 7.99. The minimum atomic E-state index is 0.503. The summed E-state index contributed by atoms with van der Waals surface area (Å²) in [6, 6.07) is 2.00. The van der Waals surface area contributed by atoms with E-state index in [1.54, 1.807) is 11.8 Å². The van der Waals surface area contributed by atoms with Crippen molar-refractivity contribution < 1.29 is 0 Å². The van der Waals surface area contributed by atoms with Crippen LogP contribution in [0.15, 0.2) is 22.4 Å². The molecule has 106 valence electrons. The SMILES string of the molecule is Cc1ccnc(Sc2nnc3n2CCCCC3)c1CN. The largest absolute Gasteiger partial charge is 0.326 e. The van der Waals surface area contributed by atoms with Crippen molar-refractivity contribution in [3.05, 3.63) is 29.2 Å². The van der Waals surface area contributed by atoms with Crippen LogP contribution < -0.4 is 5.73 Å². The molecule has 3 rings (SSSR count). The summed E-state index contributed by atoms with van der Waals surface area (Å²) in [5, 5.41) is 10.5. The van der Waals surface area contributed by atoms with Gasteiger partial charge in [-0.25, -0.2) is 4.98 Å². The Labute approximate surface area is 123 Å². The molecule has 5 nitrogen and oxygen atoms in total. The van der Waals surface area contributed by atoms with Gasteiger partial charge in [0.1, 0.15) is 10.9 Å². The van der Waals surface area contributed by atoms with E-state index >= 15 is 0 Å². The van der Waals surface area contributed by atoms with Gasteiger partial charge in [0.25, 0.3) is 0 Å². The van der Waals surface area contributed by atoms with Crippen LogP contribution in [0.1, 0.15) is 36.2 Å². The Kier molecular flexibility index (Phi) is 4.03. The molecule has 2 aromatic heterocycles. The predicted molar refractivity (Wildman–Crippen MR) is 78.6 cm³/mol. The molecule has 0 aliphatic carbocycles. The number of fused-ring (bicyclic) bond motifs is 1. The molecule has 2 aromatic rings. The van der Waals surface area contributed by atoms with Gasteiger partial charge in [-0.2, -0.15) is 0 Å². The molecule has 0 unspecified atom stereocenters. The third-order valence-corrected chi connectivity index (χ3v) is 4.75. The molecular formula is C14H19N5S. The number of aryl methyl sites for hydroxylation is 2. The van der Waals surface area contributed by atoms with Gasteiger partial charge >= 0.3 is 0 Å². The average Bonchev–Trinajstić information content (AvgIpc) is 2.68. The highest BCUT2D eigenvalue weighted by atomic mass is 32.2. The first-order chi connectivity index (χ1) is 9.79. The Balaban J connectivity index is 1.92. The quantitative estimate of drug-likeness (QED) is 0.939. The van der Waals surface area contributed by atoms with E-state index < -0.39 is 0 Å². The molecule has 1 aliphatic heterocycles. The van der Waals surface area contributed by atoms with Crippen LogP contribution in [0.25, 0.3) is 0 Å². The second-order valence-corrected chi connectivity index (χ2v) is 6.03. The fourth-order valence-electron chi connectivity index (χ4n) is 2.52. The molecule has 0 amide bonds. The van der Waals surface area contributed by atoms with E-state index in [1.807, 2.05) is 12.3 Å². The minimum absolute atomic E-state index is 0.503. The number of pyridine rings is 1. The van der Waals surface area contributed by atoms with Crippen LogP contribution in [0.4, 0.5) is 0 Å². The van der Waals surface area contributed by atoms with Crippen molar-refractivity contribution in [2.24, 2.45) is 5.73 Å². The van der Waals surface area contributed by atoms with Crippen LogP contribution in [0.2, 0.25) is 0 Å². The normalized spacial score (nSPS) is 14.9. The van der Waals surface area contributed by atoms with Gasteiger partial charge in [-0.05, 0) is 43.2 Å². The van der Waals surface area contributed by atoms with Crippen molar-refractivity contribution in [2.75, 3.05) is 0 Å². The number of rotatable bonds is 3. The van der Waals surface area contributed by atoms with Crippen molar-refractivity contribution in [1.29, 1.82) is 0 Å². The molecule has 0 radical (unpaired) electrons. The Bertz CT molecular complexity index is 608. The van der Waals surface area contributed by atoms with E-state index in [4.69, 9.17) is 5.73 Å². The topological polar surface area (TPSA) is 69.6 Å². The van der Waals surface area contributed by atoms with E-state index in [1.165, 1.54) is 24.8 Å². The molecule has 0 saturated carbocycles. The third-order valence-electron chi connectivity index (χ3n) is 3.72. The van der Waals surface area contributed by atoms with E-state index in [2.05, 4.69) is 26.7 Å². The number of hydrogen-bond acceptors (Lipinski definition) is 5. The molecule has 0 saturated heterocycles. The van der Waals surface area contributed by atoms with E-state index in [0.717, 1.165) is 34.5 Å². The highest BCUT2D eigenvalue weighted by Gasteiger charge is 2.17. The summed E-state index contributed by atoms with van der Waals surface area (Å²) < 4.78 is 2.24. The second-order valence-electron chi connectivity index (χ2n) is 5.08. The first-order valence-corrected chi connectivity index (χ1v) is 7.85. The minimum Gasteiger partial charge on any atom is -0.326 e. The van der Waals surface area contributed by atoms with Crippen LogP contribution in [0.3, 0.4) is 0 Å². The first-order valence-electron chi connectivity index (χ1n) is 7.04. The maximum absolute atomic E-state index is 5.85. The van der Waals surface area contributed by atoms with Crippen molar-refractivity contribution in [2.45, 2.75) is 55.9 Å². The lowest BCUT2D eigenvalue weighted by molar-refractivity contribution is 0.590. The molecule has 2 N–H and O–H groups in total. The molecule has 3 heterocycles. The standard InChI is InChI=1S/C14H19N5S/c1-10-6-7-16-13(11(10)9-15)20-14-18-17-12-5-3-2-4-8-19(12)14/h6-7H,2-5,8-9,15H2,1H3. The summed E-state index contributed by atoms with van der Waals surface area (Å²) in [4.78, 5) is 4.46. The number of hydrogen-bond donors (Lipinski definition) is 1. The van der Waals surface area contributed by atoms with Gasteiger partial charge in [-0.15, -0.1) is 10.2 Å². The summed E-state index contributed by atoms with van der Waals surface area (Å²) in [5.41, 5.74) is 8.13. The van der Waals surface area contributed by atoms with Gasteiger partial charge in [-0.1, -0.05) is 6.42 Å². The zero-order valence-electron chi connectivity index (χ0n) is 11.7. The van der Waals surface area contributed by atoms with Crippen LogP contribution >= 0.6 is 11.8 Å². The zero-order valence-corrected chi connectivity index (χ0v) is 12.5. The predicted octanol–water partition coefficient (Wildman–Crippen LogP) is 2.32. The number of aromatic nitrogens is 4. The summed E-state index contributed by atoms with van der Waals surface area (Å²) in [6.07, 6.45) is 6.53. The van der Waals surface area contributed by atoms with E-state index in [-0.39, 0.29) is 0 Å². The molecule has 6 heteroatoms. The van der Waals surface area contributed by atoms with Crippen molar-refractivity contribution >= 4 is 11.8 Å². The summed E-state index contributed by atoms with van der Waals surface area (Å²) >= 11 is 1.58. The lowest BCUT2D eigenvalue weighted by atomic mass is 10.2. The van der Waals surface area contributed by atoms with Crippen molar-refractivity contribution in [1.82, 2.24) is 19.7 Å². The number of nitrogens with two attached hydrogens (primary N) is 1. The second kappa shape index (κ2) is 5.93. The number of nitrogens with zero attached hydrogens (tertiary/aromatic N) is 4. The van der Waals surface area contributed by atoms with Gasteiger partial charge in [0.2, 0.25) is 0 Å². The fourth-order valence-corrected chi connectivity index (χ4v) is 3.56. The van der Waals surface area contributed by atoms with Gasteiger partial charge in [0, 0.05) is 31.3 Å². The molecular weight excluding hydrogens is 270 g/mol. The molecule has 0 spiro atoms. The van der Waals surface area contributed by atoms with Gasteiger partial charge in [0.05, 0.1) is 0 Å². The van der Waals surface area contributed by atoms with Crippen molar-refractivity contribution in [3.8, 4) is 0 Å². The van der Waals surface area contributed by atoms with Gasteiger partial charge in [-0.3, -0.25) is 0 Å². The molecule has 0 fully saturated rings. The lowest BCUT2D eigenvalue weighted by Crippen LogP contribution is -2.05. The lowest BCUT2D eigenvalue weighted by Gasteiger charge is -2.10. The zero-order chi connectivity index (χ0) is 13.9. The molecule has 1 aliphatic rings. The van der Waals surface area contributed by atoms with Crippen LogP contribution in [0.5, 0.6) is 0 Å². The smallest absolute Gasteiger partial charge is 0.197 e. The summed E-state index contributed by atoms with van der Waals surface area (Å²) in [6.45, 7) is 3.58. The van der Waals surface area contributed by atoms with Gasteiger partial charge < -0.3 is 10.3 Å². The van der Waals surface area contributed by atoms with Crippen LogP contribution in [0, 0.1) is 6.92 Å². The Morgan fingerprint density at radius 3 is 3.05 bits per heavy atom.